The first-order chi connectivity index (χ1) is 9.32. The standard InChI is InChI=1S/C11H2F7NO/c12-4-2-3(5(13)9(17)8(4)16)7(15)11(19-1-20)10(18)6(2)14/h1H,(H,19,20). The maximum Gasteiger partial charge on any atom is 0.211 e. The average Bonchev–Trinajstić information content (AvgIpc) is 2.42. The Morgan fingerprint density at radius 3 is 1.45 bits per heavy atom. The normalized spacial score (nSPS) is 10.9. The Balaban J connectivity index is 3.12. The van der Waals surface area contributed by atoms with Gasteiger partial charge in [0.1, 0.15) is 5.69 Å². The fourth-order valence-corrected chi connectivity index (χ4v) is 1.67. The van der Waals surface area contributed by atoms with Crippen LogP contribution in [0.4, 0.5) is 36.4 Å². The molecule has 0 bridgehead atoms. The van der Waals surface area contributed by atoms with E-state index in [4.69, 9.17) is 0 Å². The average molecular weight is 297 g/mol. The number of carbonyl (C=O) groups is 1. The smallest absolute Gasteiger partial charge is 0.211 e. The molecule has 0 saturated carbocycles. The van der Waals surface area contributed by atoms with Crippen molar-refractivity contribution in [3.63, 3.8) is 0 Å². The molecule has 0 aromatic heterocycles. The minimum Gasteiger partial charge on any atom is -0.324 e. The number of hydrogen-bond acceptors (Lipinski definition) is 1. The highest BCUT2D eigenvalue weighted by atomic mass is 19.2. The van der Waals surface area contributed by atoms with Crippen LogP contribution in [-0.2, 0) is 4.79 Å². The van der Waals surface area contributed by atoms with Gasteiger partial charge in [-0.1, -0.05) is 0 Å². The first-order valence-corrected chi connectivity index (χ1v) is 4.85. The monoisotopic (exact) mass is 297 g/mol. The van der Waals surface area contributed by atoms with Gasteiger partial charge in [-0.2, -0.15) is 0 Å². The van der Waals surface area contributed by atoms with E-state index >= 15 is 0 Å². The molecule has 0 heterocycles. The van der Waals surface area contributed by atoms with Crippen molar-refractivity contribution in [2.75, 3.05) is 5.32 Å². The zero-order valence-corrected chi connectivity index (χ0v) is 9.13. The lowest BCUT2D eigenvalue weighted by Crippen LogP contribution is -2.08. The van der Waals surface area contributed by atoms with Gasteiger partial charge in [0.2, 0.25) is 6.41 Å². The summed E-state index contributed by atoms with van der Waals surface area (Å²) in [5.41, 5.74) is -1.45. The number of nitrogens with one attached hydrogen (secondary N) is 1. The molecule has 0 aliphatic heterocycles. The van der Waals surface area contributed by atoms with Crippen LogP contribution in [0.2, 0.25) is 0 Å². The summed E-state index contributed by atoms with van der Waals surface area (Å²) in [5, 5.41) is -2.00. The largest absolute Gasteiger partial charge is 0.324 e. The second-order valence-corrected chi connectivity index (χ2v) is 3.59. The number of carbonyl (C=O) groups excluding carboxylic acids is 1. The van der Waals surface area contributed by atoms with E-state index in [1.165, 1.54) is 5.32 Å². The summed E-state index contributed by atoms with van der Waals surface area (Å²) in [5.74, 6) is -15.6. The van der Waals surface area contributed by atoms with Gasteiger partial charge < -0.3 is 5.32 Å². The van der Waals surface area contributed by atoms with E-state index in [1.54, 1.807) is 0 Å². The zero-order valence-electron chi connectivity index (χ0n) is 9.13. The van der Waals surface area contributed by atoms with Crippen LogP contribution in [0.1, 0.15) is 0 Å². The second kappa shape index (κ2) is 4.66. The van der Waals surface area contributed by atoms with Crippen LogP contribution in [0.5, 0.6) is 0 Å². The molecule has 0 radical (unpaired) electrons. The molecule has 2 rings (SSSR count). The van der Waals surface area contributed by atoms with E-state index in [0.29, 0.717) is 0 Å². The highest BCUT2D eigenvalue weighted by Gasteiger charge is 2.30. The van der Waals surface area contributed by atoms with Gasteiger partial charge in [-0.15, -0.1) is 0 Å². The third-order valence-corrected chi connectivity index (χ3v) is 2.54. The number of fused-ring (bicyclic) bond motifs is 1. The van der Waals surface area contributed by atoms with Gasteiger partial charge in [0.15, 0.2) is 40.7 Å². The molecule has 0 aliphatic carbocycles. The van der Waals surface area contributed by atoms with Crippen molar-refractivity contribution < 1.29 is 35.5 Å². The number of amides is 1. The molecule has 1 N–H and O–H groups in total. The fourth-order valence-electron chi connectivity index (χ4n) is 1.67. The van der Waals surface area contributed by atoms with Gasteiger partial charge >= 0.3 is 0 Å². The fraction of sp³-hybridized carbons (Fsp3) is 0. The molecule has 9 heteroatoms. The number of halogens is 7. The van der Waals surface area contributed by atoms with Gasteiger partial charge in [0.25, 0.3) is 0 Å². The lowest BCUT2D eigenvalue weighted by atomic mass is 10.1. The number of benzene rings is 2. The maximum absolute atomic E-state index is 13.7. The summed E-state index contributed by atoms with van der Waals surface area (Å²) in [6.45, 7) is 0. The van der Waals surface area contributed by atoms with Crippen LogP contribution in [0.25, 0.3) is 10.8 Å². The van der Waals surface area contributed by atoms with E-state index in [9.17, 15) is 35.5 Å². The summed E-state index contributed by atoms with van der Waals surface area (Å²) in [6, 6.07) is 0. The molecule has 2 aromatic carbocycles. The van der Waals surface area contributed by atoms with Gasteiger partial charge in [-0.3, -0.25) is 4.79 Å². The van der Waals surface area contributed by atoms with Crippen LogP contribution < -0.4 is 5.32 Å². The third kappa shape index (κ3) is 1.69. The van der Waals surface area contributed by atoms with E-state index in [1.807, 2.05) is 0 Å². The summed E-state index contributed by atoms with van der Waals surface area (Å²) in [4.78, 5) is 10.1. The van der Waals surface area contributed by atoms with Crippen molar-refractivity contribution in [2.24, 2.45) is 0 Å². The Morgan fingerprint density at radius 1 is 0.600 bits per heavy atom. The highest BCUT2D eigenvalue weighted by molar-refractivity contribution is 5.90. The molecule has 0 aliphatic rings. The first kappa shape index (κ1) is 14.1. The highest BCUT2D eigenvalue weighted by Crippen LogP contribution is 2.36. The molecule has 1 amide bonds. The van der Waals surface area contributed by atoms with Crippen LogP contribution in [0.3, 0.4) is 0 Å². The van der Waals surface area contributed by atoms with E-state index in [0.717, 1.165) is 0 Å². The topological polar surface area (TPSA) is 29.1 Å². The van der Waals surface area contributed by atoms with Gasteiger partial charge in [-0.05, 0) is 0 Å². The maximum atomic E-state index is 13.7. The molecule has 20 heavy (non-hydrogen) atoms. The first-order valence-electron chi connectivity index (χ1n) is 4.85. The molecule has 0 saturated heterocycles. The van der Waals surface area contributed by atoms with Crippen molar-refractivity contribution in [2.45, 2.75) is 0 Å². The minimum absolute atomic E-state index is 0.263. The van der Waals surface area contributed by atoms with Crippen molar-refractivity contribution in [3.8, 4) is 0 Å². The second-order valence-electron chi connectivity index (χ2n) is 3.59. The van der Waals surface area contributed by atoms with Gasteiger partial charge in [0, 0.05) is 0 Å². The summed E-state index contributed by atoms with van der Waals surface area (Å²) in [6.07, 6.45) is -0.263. The van der Waals surface area contributed by atoms with E-state index < -0.39 is 57.2 Å². The van der Waals surface area contributed by atoms with Crippen LogP contribution >= 0.6 is 0 Å². The minimum atomic E-state index is -2.41. The predicted molar refractivity (Wildman–Crippen MR) is 53.3 cm³/mol. The molecular formula is C11H2F7NO. The molecule has 0 fully saturated rings. The van der Waals surface area contributed by atoms with Crippen LogP contribution in [-0.4, -0.2) is 6.41 Å². The number of hydrogen-bond donors (Lipinski definition) is 1. The van der Waals surface area contributed by atoms with Crippen molar-refractivity contribution in [1.29, 1.82) is 0 Å². The molecule has 106 valence electrons. The van der Waals surface area contributed by atoms with Crippen molar-refractivity contribution in [3.05, 3.63) is 40.7 Å². The third-order valence-electron chi connectivity index (χ3n) is 2.54. The predicted octanol–water partition coefficient (Wildman–Crippen LogP) is 3.38. The van der Waals surface area contributed by atoms with Crippen LogP contribution in [0, 0.1) is 40.7 Å². The van der Waals surface area contributed by atoms with E-state index in [-0.39, 0.29) is 6.41 Å². The number of anilines is 1. The zero-order chi connectivity index (χ0) is 15.2. The lowest BCUT2D eigenvalue weighted by Gasteiger charge is -2.11. The SMILES string of the molecule is O=CNc1c(F)c(F)c2c(F)c(F)c(F)c(F)c2c1F. The Bertz CT molecular complexity index is 744. The lowest BCUT2D eigenvalue weighted by molar-refractivity contribution is -0.105. The summed E-state index contributed by atoms with van der Waals surface area (Å²) < 4.78 is 93.3. The van der Waals surface area contributed by atoms with Gasteiger partial charge in [0.05, 0.1) is 10.8 Å². The molecule has 2 aromatic rings. The Labute approximate surface area is 105 Å². The Hall–Kier alpha value is -2.32. The van der Waals surface area contributed by atoms with Crippen molar-refractivity contribution >= 4 is 22.9 Å². The molecule has 0 atom stereocenters. The summed E-state index contributed by atoms with van der Waals surface area (Å²) >= 11 is 0. The Morgan fingerprint density at radius 2 is 1.00 bits per heavy atom. The quantitative estimate of drug-likeness (QED) is 0.391. The van der Waals surface area contributed by atoms with Gasteiger partial charge in [-0.25, -0.2) is 30.7 Å². The molecule has 0 spiro atoms. The summed E-state index contributed by atoms with van der Waals surface area (Å²) in [7, 11) is 0. The Kier molecular flexibility index (Phi) is 3.28. The van der Waals surface area contributed by atoms with E-state index in [2.05, 4.69) is 0 Å². The van der Waals surface area contributed by atoms with Crippen LogP contribution in [0.15, 0.2) is 0 Å². The molecular weight excluding hydrogens is 295 g/mol. The molecule has 2 nitrogen and oxygen atoms in total. The molecule has 0 unspecified atom stereocenters. The van der Waals surface area contributed by atoms with Crippen molar-refractivity contribution in [1.82, 2.24) is 0 Å². The number of rotatable bonds is 2.